The highest BCUT2D eigenvalue weighted by atomic mass is 35.5. The van der Waals surface area contributed by atoms with E-state index in [4.69, 9.17) is 4.74 Å². The molecule has 3 heteroatoms. The minimum atomic E-state index is 0. The lowest BCUT2D eigenvalue weighted by atomic mass is 10.3. The summed E-state index contributed by atoms with van der Waals surface area (Å²) in [4.78, 5) is 0. The minimum Gasteiger partial charge on any atom is -1.00 e. The maximum atomic E-state index is 5.53. The summed E-state index contributed by atoms with van der Waals surface area (Å²) < 4.78 is 6.42. The Balaban J connectivity index is 0. The Labute approximate surface area is 76.5 Å². The van der Waals surface area contributed by atoms with Gasteiger partial charge in [-0.1, -0.05) is 6.92 Å². The Morgan fingerprint density at radius 1 is 1.18 bits per heavy atom. The molecule has 0 radical (unpaired) electrons. The van der Waals surface area contributed by atoms with Crippen molar-refractivity contribution in [3.8, 4) is 0 Å². The largest absolute Gasteiger partial charge is 1.00 e. The molecule has 0 spiro atoms. The summed E-state index contributed by atoms with van der Waals surface area (Å²) in [5.41, 5.74) is 0. The van der Waals surface area contributed by atoms with E-state index in [0.717, 1.165) is 17.5 Å². The molecule has 0 saturated heterocycles. The predicted octanol–water partition coefficient (Wildman–Crippen LogP) is -1.53. The van der Waals surface area contributed by atoms with E-state index in [9.17, 15) is 0 Å². The molecular formula is C8H20ClNO. The second-order valence-corrected chi connectivity index (χ2v) is 3.43. The highest BCUT2D eigenvalue weighted by molar-refractivity contribution is 4.37. The van der Waals surface area contributed by atoms with Crippen molar-refractivity contribution in [2.45, 2.75) is 26.5 Å². The van der Waals surface area contributed by atoms with Crippen LogP contribution in [0, 0.1) is 0 Å². The van der Waals surface area contributed by atoms with Crippen LogP contribution in [0.4, 0.5) is 0 Å². The molecule has 0 heterocycles. The Morgan fingerprint density at radius 3 is 1.73 bits per heavy atom. The van der Waals surface area contributed by atoms with Gasteiger partial charge in [-0.25, -0.2) is 0 Å². The van der Waals surface area contributed by atoms with E-state index in [2.05, 4.69) is 28.1 Å². The van der Waals surface area contributed by atoms with Gasteiger partial charge in [0.25, 0.3) is 0 Å². The van der Waals surface area contributed by atoms with Gasteiger partial charge in [0.15, 0.2) is 6.23 Å². The number of rotatable bonds is 4. The highest BCUT2D eigenvalue weighted by Gasteiger charge is 2.20. The third-order valence-corrected chi connectivity index (χ3v) is 1.57. The molecule has 1 unspecified atom stereocenters. The zero-order chi connectivity index (χ0) is 8.20. The van der Waals surface area contributed by atoms with Gasteiger partial charge in [-0.05, 0) is 6.92 Å². The molecule has 1 atom stereocenters. The van der Waals surface area contributed by atoms with Gasteiger partial charge < -0.3 is 21.6 Å². The van der Waals surface area contributed by atoms with E-state index in [1.54, 1.807) is 0 Å². The van der Waals surface area contributed by atoms with Crippen LogP contribution >= 0.6 is 0 Å². The molecule has 11 heavy (non-hydrogen) atoms. The topological polar surface area (TPSA) is 9.23 Å². The van der Waals surface area contributed by atoms with Crippen LogP contribution in [-0.4, -0.2) is 38.5 Å². The zero-order valence-corrected chi connectivity index (χ0v) is 8.98. The van der Waals surface area contributed by atoms with Crippen LogP contribution in [-0.2, 0) is 4.74 Å². The van der Waals surface area contributed by atoms with Gasteiger partial charge in [0.05, 0.1) is 27.7 Å². The maximum Gasteiger partial charge on any atom is 0.192 e. The second-order valence-electron chi connectivity index (χ2n) is 3.43. The SMILES string of the molecule is CCOC(CC)[N+](C)(C)C.[Cl-]. The van der Waals surface area contributed by atoms with E-state index in [1.165, 1.54) is 0 Å². The van der Waals surface area contributed by atoms with Gasteiger partial charge >= 0.3 is 0 Å². The molecule has 0 N–H and O–H groups in total. The van der Waals surface area contributed by atoms with Crippen LogP contribution in [0.3, 0.4) is 0 Å². The molecule has 0 fully saturated rings. The molecule has 0 bridgehead atoms. The van der Waals surface area contributed by atoms with E-state index >= 15 is 0 Å². The number of hydrogen-bond acceptors (Lipinski definition) is 1. The first kappa shape index (κ1) is 13.8. The lowest BCUT2D eigenvalue weighted by Crippen LogP contribution is -3.00. The summed E-state index contributed by atoms with van der Waals surface area (Å²) in [6, 6.07) is 0. The molecule has 0 aliphatic carbocycles. The zero-order valence-electron chi connectivity index (χ0n) is 8.22. The normalized spacial score (nSPS) is 13.9. The molecule has 0 aromatic rings. The van der Waals surface area contributed by atoms with Crippen molar-refractivity contribution in [3.63, 3.8) is 0 Å². The van der Waals surface area contributed by atoms with Crippen molar-refractivity contribution in [2.75, 3.05) is 27.7 Å². The third kappa shape index (κ3) is 5.48. The van der Waals surface area contributed by atoms with Crippen molar-refractivity contribution < 1.29 is 21.6 Å². The molecule has 0 aliphatic heterocycles. The first-order valence-electron chi connectivity index (χ1n) is 3.95. The lowest BCUT2D eigenvalue weighted by Gasteiger charge is -2.32. The van der Waals surface area contributed by atoms with Crippen LogP contribution in [0.1, 0.15) is 20.3 Å². The standard InChI is InChI=1S/C8H20NO.ClH/c1-6-8(10-7-2)9(3,4)5;/h8H,6-7H2,1-5H3;1H/q+1;/p-1. The van der Waals surface area contributed by atoms with E-state index in [1.807, 2.05) is 6.92 Å². The van der Waals surface area contributed by atoms with Gasteiger partial charge in [0.2, 0.25) is 0 Å². The molecular weight excluding hydrogens is 162 g/mol. The highest BCUT2D eigenvalue weighted by Crippen LogP contribution is 2.07. The predicted molar refractivity (Wildman–Crippen MR) is 43.7 cm³/mol. The van der Waals surface area contributed by atoms with Crippen molar-refractivity contribution in [2.24, 2.45) is 0 Å². The lowest BCUT2D eigenvalue weighted by molar-refractivity contribution is -0.919. The van der Waals surface area contributed by atoms with Crippen molar-refractivity contribution in [1.29, 1.82) is 0 Å². The number of nitrogens with zero attached hydrogens (tertiary/aromatic N) is 1. The maximum absolute atomic E-state index is 5.53. The molecule has 0 amide bonds. The van der Waals surface area contributed by atoms with Crippen LogP contribution in [0.15, 0.2) is 0 Å². The molecule has 0 aliphatic rings. The van der Waals surface area contributed by atoms with Crippen molar-refractivity contribution >= 4 is 0 Å². The van der Waals surface area contributed by atoms with Crippen LogP contribution in [0.2, 0.25) is 0 Å². The number of quaternary nitrogens is 1. The minimum absolute atomic E-state index is 0. The first-order chi connectivity index (χ1) is 4.52. The fourth-order valence-electron chi connectivity index (χ4n) is 1.08. The Morgan fingerprint density at radius 2 is 1.64 bits per heavy atom. The quantitative estimate of drug-likeness (QED) is 0.378. The Kier molecular flexibility index (Phi) is 7.28. The molecule has 0 aromatic heterocycles. The fourth-order valence-corrected chi connectivity index (χ4v) is 1.08. The Bertz CT molecular complexity index is 90.6. The summed E-state index contributed by atoms with van der Waals surface area (Å²) >= 11 is 0. The average molecular weight is 182 g/mol. The first-order valence-corrected chi connectivity index (χ1v) is 3.95. The monoisotopic (exact) mass is 181 g/mol. The van der Waals surface area contributed by atoms with Crippen LogP contribution < -0.4 is 12.4 Å². The van der Waals surface area contributed by atoms with Crippen molar-refractivity contribution in [1.82, 2.24) is 0 Å². The van der Waals surface area contributed by atoms with Gasteiger partial charge in [0, 0.05) is 6.42 Å². The third-order valence-electron chi connectivity index (χ3n) is 1.57. The van der Waals surface area contributed by atoms with E-state index in [0.29, 0.717) is 6.23 Å². The van der Waals surface area contributed by atoms with Gasteiger partial charge in [-0.3, -0.25) is 0 Å². The van der Waals surface area contributed by atoms with Gasteiger partial charge in [-0.2, -0.15) is 0 Å². The number of hydrogen-bond donors (Lipinski definition) is 0. The fraction of sp³-hybridized carbons (Fsp3) is 1.00. The summed E-state index contributed by atoms with van der Waals surface area (Å²) in [7, 11) is 6.47. The molecule has 70 valence electrons. The Hall–Kier alpha value is 0.210. The number of halogens is 1. The summed E-state index contributed by atoms with van der Waals surface area (Å²) in [5.74, 6) is 0. The van der Waals surface area contributed by atoms with Crippen LogP contribution in [0.5, 0.6) is 0 Å². The average Bonchev–Trinajstić information content (AvgIpc) is 1.80. The molecule has 0 aromatic carbocycles. The molecule has 2 nitrogen and oxygen atoms in total. The molecule has 0 saturated carbocycles. The number of ether oxygens (including phenoxy) is 1. The van der Waals surface area contributed by atoms with E-state index < -0.39 is 0 Å². The summed E-state index contributed by atoms with van der Waals surface area (Å²) in [6.45, 7) is 5.01. The van der Waals surface area contributed by atoms with E-state index in [-0.39, 0.29) is 12.4 Å². The van der Waals surface area contributed by atoms with Gasteiger partial charge in [0.1, 0.15) is 0 Å². The summed E-state index contributed by atoms with van der Waals surface area (Å²) in [5, 5.41) is 0. The summed E-state index contributed by atoms with van der Waals surface area (Å²) in [6.07, 6.45) is 1.43. The van der Waals surface area contributed by atoms with Crippen LogP contribution in [0.25, 0.3) is 0 Å². The second kappa shape index (κ2) is 5.81. The van der Waals surface area contributed by atoms with Gasteiger partial charge in [-0.15, -0.1) is 0 Å². The van der Waals surface area contributed by atoms with Crippen molar-refractivity contribution in [3.05, 3.63) is 0 Å². The smallest absolute Gasteiger partial charge is 0.192 e. The molecule has 0 rings (SSSR count).